The molecule has 22 heavy (non-hydrogen) atoms. The van der Waals surface area contributed by atoms with E-state index in [1.54, 1.807) is 25.2 Å². The van der Waals surface area contributed by atoms with Gasteiger partial charge in [0.2, 0.25) is 11.8 Å². The first kappa shape index (κ1) is 16.3. The van der Waals surface area contributed by atoms with Crippen LogP contribution in [0.3, 0.4) is 0 Å². The zero-order valence-corrected chi connectivity index (χ0v) is 13.2. The number of nitrogens with one attached hydrogen (secondary N) is 1. The molecule has 2 atom stereocenters. The fourth-order valence-electron chi connectivity index (χ4n) is 2.56. The Labute approximate surface area is 130 Å². The Kier molecular flexibility index (Phi) is 5.38. The number of anilines is 1. The van der Waals surface area contributed by atoms with E-state index >= 15 is 0 Å². The number of hydrogen-bond acceptors (Lipinski definition) is 4. The van der Waals surface area contributed by atoms with Crippen LogP contribution in [0.25, 0.3) is 0 Å². The van der Waals surface area contributed by atoms with Gasteiger partial charge in [-0.05, 0) is 19.1 Å². The standard InChI is InChI=1S/C16H22N2O4/c1-11(10-21-2)17-16(20)12-7-15(19)18(9-12)13-5-4-6-14(8-13)22-3/h4-6,8,11-12H,7,9-10H2,1-3H3,(H,17,20)/t11-,12-/m0/s1. The third-order valence-corrected chi connectivity index (χ3v) is 3.67. The van der Waals surface area contributed by atoms with Crippen molar-refractivity contribution in [2.75, 3.05) is 32.3 Å². The monoisotopic (exact) mass is 306 g/mol. The molecule has 1 heterocycles. The quantitative estimate of drug-likeness (QED) is 0.857. The van der Waals surface area contributed by atoms with Crippen LogP contribution in [0.5, 0.6) is 5.75 Å². The van der Waals surface area contributed by atoms with Crippen LogP contribution in [0.2, 0.25) is 0 Å². The van der Waals surface area contributed by atoms with Crippen LogP contribution in [0.15, 0.2) is 24.3 Å². The van der Waals surface area contributed by atoms with Gasteiger partial charge in [0.1, 0.15) is 5.75 Å². The molecule has 1 aromatic rings. The molecular formula is C16H22N2O4. The Bertz CT molecular complexity index is 547. The van der Waals surface area contributed by atoms with E-state index in [2.05, 4.69) is 5.32 Å². The molecule has 2 rings (SSSR count). The predicted molar refractivity (Wildman–Crippen MR) is 82.9 cm³/mol. The molecule has 1 aliphatic rings. The predicted octanol–water partition coefficient (Wildman–Crippen LogP) is 1.20. The van der Waals surface area contributed by atoms with Crippen LogP contribution >= 0.6 is 0 Å². The Morgan fingerprint density at radius 2 is 2.23 bits per heavy atom. The molecule has 1 saturated heterocycles. The second kappa shape index (κ2) is 7.26. The highest BCUT2D eigenvalue weighted by atomic mass is 16.5. The number of amides is 2. The summed E-state index contributed by atoms with van der Waals surface area (Å²) in [6.07, 6.45) is 0.225. The van der Waals surface area contributed by atoms with E-state index in [1.807, 2.05) is 25.1 Å². The van der Waals surface area contributed by atoms with Crippen LogP contribution < -0.4 is 15.0 Å². The zero-order valence-electron chi connectivity index (χ0n) is 13.2. The number of benzene rings is 1. The molecular weight excluding hydrogens is 284 g/mol. The molecule has 2 amide bonds. The summed E-state index contributed by atoms with van der Waals surface area (Å²) in [5.74, 6) is 0.195. The largest absolute Gasteiger partial charge is 0.497 e. The van der Waals surface area contributed by atoms with Gasteiger partial charge in [0.15, 0.2) is 0 Å². The molecule has 6 heteroatoms. The summed E-state index contributed by atoms with van der Waals surface area (Å²) in [6.45, 7) is 2.71. The second-order valence-corrected chi connectivity index (χ2v) is 5.47. The number of ether oxygens (including phenoxy) is 2. The number of rotatable bonds is 6. The number of carbonyl (C=O) groups is 2. The minimum Gasteiger partial charge on any atom is -0.497 e. The minimum atomic E-state index is -0.335. The third-order valence-electron chi connectivity index (χ3n) is 3.67. The lowest BCUT2D eigenvalue weighted by Gasteiger charge is -2.18. The molecule has 0 aliphatic carbocycles. The van der Waals surface area contributed by atoms with Crippen molar-refractivity contribution in [3.63, 3.8) is 0 Å². The molecule has 0 saturated carbocycles. The minimum absolute atomic E-state index is 0.0483. The van der Waals surface area contributed by atoms with Gasteiger partial charge in [-0.1, -0.05) is 6.07 Å². The smallest absolute Gasteiger partial charge is 0.227 e. The van der Waals surface area contributed by atoms with Crippen LogP contribution in [-0.2, 0) is 14.3 Å². The average Bonchev–Trinajstić information content (AvgIpc) is 2.89. The fraction of sp³-hybridized carbons (Fsp3) is 0.500. The van der Waals surface area contributed by atoms with E-state index < -0.39 is 0 Å². The lowest BCUT2D eigenvalue weighted by atomic mass is 10.1. The summed E-state index contributed by atoms with van der Waals surface area (Å²) in [5, 5.41) is 2.87. The van der Waals surface area contributed by atoms with Gasteiger partial charge in [-0.25, -0.2) is 0 Å². The molecule has 0 spiro atoms. The highest BCUT2D eigenvalue weighted by Crippen LogP contribution is 2.27. The van der Waals surface area contributed by atoms with E-state index in [-0.39, 0.29) is 30.2 Å². The number of carbonyl (C=O) groups excluding carboxylic acids is 2. The van der Waals surface area contributed by atoms with Crippen LogP contribution in [0.1, 0.15) is 13.3 Å². The van der Waals surface area contributed by atoms with Crippen molar-refractivity contribution in [1.29, 1.82) is 0 Å². The molecule has 0 bridgehead atoms. The summed E-state index contributed by atoms with van der Waals surface area (Å²) in [6, 6.07) is 7.22. The van der Waals surface area contributed by atoms with Crippen molar-refractivity contribution in [2.45, 2.75) is 19.4 Å². The van der Waals surface area contributed by atoms with Gasteiger partial charge in [-0.15, -0.1) is 0 Å². The maximum atomic E-state index is 12.2. The van der Waals surface area contributed by atoms with Crippen molar-refractivity contribution in [2.24, 2.45) is 5.92 Å². The summed E-state index contributed by atoms with van der Waals surface area (Å²) in [7, 11) is 3.17. The van der Waals surface area contributed by atoms with Crippen molar-refractivity contribution in [3.05, 3.63) is 24.3 Å². The summed E-state index contributed by atoms with van der Waals surface area (Å²) in [4.78, 5) is 26.0. The highest BCUT2D eigenvalue weighted by Gasteiger charge is 2.35. The normalized spacial score (nSPS) is 19.1. The first-order chi connectivity index (χ1) is 10.5. The van der Waals surface area contributed by atoms with Crippen molar-refractivity contribution in [1.82, 2.24) is 5.32 Å². The SMILES string of the molecule is COC[C@H](C)NC(=O)[C@H]1CC(=O)N(c2cccc(OC)c2)C1. The second-order valence-electron chi connectivity index (χ2n) is 5.47. The van der Waals surface area contributed by atoms with Gasteiger partial charge in [0.05, 0.1) is 19.6 Å². The molecule has 6 nitrogen and oxygen atoms in total. The molecule has 120 valence electrons. The van der Waals surface area contributed by atoms with Gasteiger partial charge >= 0.3 is 0 Å². The van der Waals surface area contributed by atoms with Gasteiger partial charge < -0.3 is 19.7 Å². The Balaban J connectivity index is 2.02. The third kappa shape index (κ3) is 3.76. The Hall–Kier alpha value is -2.08. The lowest BCUT2D eigenvalue weighted by Crippen LogP contribution is -2.40. The summed E-state index contributed by atoms with van der Waals surface area (Å²) < 4.78 is 10.2. The molecule has 1 aliphatic heterocycles. The molecule has 1 fully saturated rings. The van der Waals surface area contributed by atoms with E-state index in [1.165, 1.54) is 0 Å². The van der Waals surface area contributed by atoms with Gasteiger partial charge in [0, 0.05) is 37.9 Å². The molecule has 0 unspecified atom stereocenters. The lowest BCUT2D eigenvalue weighted by molar-refractivity contribution is -0.127. The molecule has 1 aromatic carbocycles. The van der Waals surface area contributed by atoms with Gasteiger partial charge in [-0.2, -0.15) is 0 Å². The maximum Gasteiger partial charge on any atom is 0.227 e. The molecule has 0 radical (unpaired) electrons. The number of nitrogens with zero attached hydrogens (tertiary/aromatic N) is 1. The molecule has 0 aromatic heterocycles. The maximum absolute atomic E-state index is 12.2. The van der Waals surface area contributed by atoms with Gasteiger partial charge in [0.25, 0.3) is 0 Å². The first-order valence-corrected chi connectivity index (χ1v) is 7.29. The fourth-order valence-corrected chi connectivity index (χ4v) is 2.56. The van der Waals surface area contributed by atoms with E-state index in [0.717, 1.165) is 5.69 Å². The molecule has 1 N–H and O–H groups in total. The summed E-state index contributed by atoms with van der Waals surface area (Å²) >= 11 is 0. The van der Waals surface area contributed by atoms with E-state index in [4.69, 9.17) is 9.47 Å². The number of methoxy groups -OCH3 is 2. The summed E-state index contributed by atoms with van der Waals surface area (Å²) in [5.41, 5.74) is 0.754. The van der Waals surface area contributed by atoms with Crippen LogP contribution in [-0.4, -0.2) is 45.2 Å². The Morgan fingerprint density at radius 3 is 2.91 bits per heavy atom. The highest BCUT2D eigenvalue weighted by molar-refractivity contribution is 6.00. The first-order valence-electron chi connectivity index (χ1n) is 7.29. The zero-order chi connectivity index (χ0) is 16.1. The van der Waals surface area contributed by atoms with Crippen LogP contribution in [0.4, 0.5) is 5.69 Å². The van der Waals surface area contributed by atoms with E-state index in [0.29, 0.717) is 18.9 Å². The van der Waals surface area contributed by atoms with Crippen molar-refractivity contribution < 1.29 is 19.1 Å². The average molecular weight is 306 g/mol. The van der Waals surface area contributed by atoms with Crippen molar-refractivity contribution >= 4 is 17.5 Å². The Morgan fingerprint density at radius 1 is 1.45 bits per heavy atom. The van der Waals surface area contributed by atoms with Crippen molar-refractivity contribution in [3.8, 4) is 5.75 Å². The topological polar surface area (TPSA) is 67.9 Å². The van der Waals surface area contributed by atoms with Crippen LogP contribution in [0, 0.1) is 5.92 Å². The number of hydrogen-bond donors (Lipinski definition) is 1. The van der Waals surface area contributed by atoms with E-state index in [9.17, 15) is 9.59 Å². The van der Waals surface area contributed by atoms with Gasteiger partial charge in [-0.3, -0.25) is 9.59 Å².